The average molecular weight is 295 g/mol. The zero-order valence-corrected chi connectivity index (χ0v) is 12.6. The quantitative estimate of drug-likeness (QED) is 0.836. The maximum absolute atomic E-state index is 13.3. The SMILES string of the molecule is CSC(C)(C)CNC(=O)c1cc(F)ccc1C#CCO. The van der Waals surface area contributed by atoms with Gasteiger partial charge in [-0.2, -0.15) is 11.8 Å². The molecule has 0 saturated heterocycles. The summed E-state index contributed by atoms with van der Waals surface area (Å²) in [5.41, 5.74) is 0.586. The molecule has 1 rings (SSSR count). The van der Waals surface area contributed by atoms with Gasteiger partial charge in [-0.1, -0.05) is 11.8 Å². The van der Waals surface area contributed by atoms with Crippen molar-refractivity contribution >= 4 is 17.7 Å². The van der Waals surface area contributed by atoms with E-state index < -0.39 is 5.82 Å². The number of thioether (sulfide) groups is 1. The summed E-state index contributed by atoms with van der Waals surface area (Å²) in [7, 11) is 0. The summed E-state index contributed by atoms with van der Waals surface area (Å²) in [4.78, 5) is 12.1. The normalized spacial score (nSPS) is 10.7. The Morgan fingerprint density at radius 2 is 2.20 bits per heavy atom. The van der Waals surface area contributed by atoms with Gasteiger partial charge < -0.3 is 10.4 Å². The van der Waals surface area contributed by atoms with Gasteiger partial charge in [-0.3, -0.25) is 4.79 Å². The van der Waals surface area contributed by atoms with Crippen LogP contribution < -0.4 is 5.32 Å². The van der Waals surface area contributed by atoms with E-state index in [1.807, 2.05) is 20.1 Å². The second kappa shape index (κ2) is 7.32. The van der Waals surface area contributed by atoms with Crippen molar-refractivity contribution in [3.63, 3.8) is 0 Å². The smallest absolute Gasteiger partial charge is 0.252 e. The third kappa shape index (κ3) is 4.87. The molecule has 0 aliphatic heterocycles. The maximum Gasteiger partial charge on any atom is 0.252 e. The van der Waals surface area contributed by atoms with Crippen LogP contribution in [0.3, 0.4) is 0 Å². The van der Waals surface area contributed by atoms with Crippen molar-refractivity contribution in [3.05, 3.63) is 35.1 Å². The van der Waals surface area contributed by atoms with Crippen LogP contribution in [0.1, 0.15) is 29.8 Å². The Morgan fingerprint density at radius 1 is 1.50 bits per heavy atom. The van der Waals surface area contributed by atoms with E-state index >= 15 is 0 Å². The Labute approximate surface area is 123 Å². The van der Waals surface area contributed by atoms with Crippen LogP contribution in [0.5, 0.6) is 0 Å². The Balaban J connectivity index is 2.94. The maximum atomic E-state index is 13.3. The predicted octanol–water partition coefficient (Wildman–Crippen LogP) is 2.04. The zero-order valence-electron chi connectivity index (χ0n) is 11.8. The topological polar surface area (TPSA) is 49.3 Å². The van der Waals surface area contributed by atoms with Crippen molar-refractivity contribution < 1.29 is 14.3 Å². The number of carbonyl (C=O) groups is 1. The summed E-state index contributed by atoms with van der Waals surface area (Å²) >= 11 is 1.64. The highest BCUT2D eigenvalue weighted by Crippen LogP contribution is 2.20. The van der Waals surface area contributed by atoms with Gasteiger partial charge in [0.05, 0.1) is 5.56 Å². The van der Waals surface area contributed by atoms with Gasteiger partial charge in [0, 0.05) is 16.9 Å². The summed E-state index contributed by atoms with van der Waals surface area (Å²) in [6, 6.07) is 3.83. The third-order valence-electron chi connectivity index (χ3n) is 2.76. The summed E-state index contributed by atoms with van der Waals surface area (Å²) < 4.78 is 13.2. The number of benzene rings is 1. The van der Waals surface area contributed by atoms with Gasteiger partial charge in [0.2, 0.25) is 0 Å². The fourth-order valence-electron chi connectivity index (χ4n) is 1.41. The standard InChI is InChI=1S/C15H18FNO2S/c1-15(2,20-3)10-17-14(19)13-9-12(16)7-6-11(13)5-4-8-18/h6-7,9,18H,8,10H2,1-3H3,(H,17,19). The molecule has 0 aliphatic rings. The van der Waals surface area contributed by atoms with Gasteiger partial charge in [-0.25, -0.2) is 4.39 Å². The number of hydrogen-bond acceptors (Lipinski definition) is 3. The van der Waals surface area contributed by atoms with Gasteiger partial charge in [0.1, 0.15) is 12.4 Å². The molecule has 0 bridgehead atoms. The number of amides is 1. The molecule has 1 amide bonds. The van der Waals surface area contributed by atoms with E-state index in [-0.39, 0.29) is 22.8 Å². The number of aliphatic hydroxyl groups excluding tert-OH is 1. The van der Waals surface area contributed by atoms with Crippen LogP contribution in [-0.2, 0) is 0 Å². The molecule has 108 valence electrons. The molecule has 5 heteroatoms. The van der Waals surface area contributed by atoms with E-state index in [9.17, 15) is 9.18 Å². The van der Waals surface area contributed by atoms with Crippen LogP contribution >= 0.6 is 11.8 Å². The highest BCUT2D eigenvalue weighted by Gasteiger charge is 2.19. The first-order valence-electron chi connectivity index (χ1n) is 6.12. The molecule has 0 fully saturated rings. The van der Waals surface area contributed by atoms with Gasteiger partial charge >= 0.3 is 0 Å². The highest BCUT2D eigenvalue weighted by molar-refractivity contribution is 7.99. The summed E-state index contributed by atoms with van der Waals surface area (Å²) in [5.74, 6) is 4.25. The fourth-order valence-corrected chi connectivity index (χ4v) is 1.63. The van der Waals surface area contributed by atoms with Crippen LogP contribution in [0.4, 0.5) is 4.39 Å². The van der Waals surface area contributed by atoms with Crippen LogP contribution in [0.15, 0.2) is 18.2 Å². The molecule has 3 nitrogen and oxygen atoms in total. The lowest BCUT2D eigenvalue weighted by Gasteiger charge is -2.22. The van der Waals surface area contributed by atoms with Crippen molar-refractivity contribution in [2.75, 3.05) is 19.4 Å². The second-order valence-electron chi connectivity index (χ2n) is 4.80. The van der Waals surface area contributed by atoms with Crippen LogP contribution in [0.25, 0.3) is 0 Å². The fraction of sp³-hybridized carbons (Fsp3) is 0.400. The molecular formula is C15H18FNO2S. The van der Waals surface area contributed by atoms with Gasteiger partial charge in [0.25, 0.3) is 5.91 Å². The Hall–Kier alpha value is -1.51. The van der Waals surface area contributed by atoms with Gasteiger partial charge in [0.15, 0.2) is 0 Å². The Bertz CT molecular complexity index is 547. The molecule has 0 saturated carbocycles. The minimum absolute atomic E-state index is 0.0973. The minimum Gasteiger partial charge on any atom is -0.384 e. The first-order chi connectivity index (χ1) is 9.39. The van der Waals surface area contributed by atoms with E-state index in [0.29, 0.717) is 12.1 Å². The van der Waals surface area contributed by atoms with E-state index in [0.717, 1.165) is 6.07 Å². The number of hydrogen-bond donors (Lipinski definition) is 2. The van der Waals surface area contributed by atoms with Gasteiger partial charge in [-0.15, -0.1) is 0 Å². The molecule has 0 aliphatic carbocycles. The number of halogens is 1. The van der Waals surface area contributed by atoms with E-state index in [1.54, 1.807) is 11.8 Å². The third-order valence-corrected chi connectivity index (χ3v) is 4.01. The number of rotatable bonds is 4. The molecule has 0 heterocycles. The lowest BCUT2D eigenvalue weighted by Crippen LogP contribution is -2.36. The predicted molar refractivity (Wildman–Crippen MR) is 80.3 cm³/mol. The number of carbonyl (C=O) groups excluding carboxylic acids is 1. The minimum atomic E-state index is -0.492. The van der Waals surface area contributed by atoms with Crippen molar-refractivity contribution in [1.29, 1.82) is 0 Å². The lowest BCUT2D eigenvalue weighted by atomic mass is 10.1. The van der Waals surface area contributed by atoms with E-state index in [1.165, 1.54) is 12.1 Å². The van der Waals surface area contributed by atoms with Crippen molar-refractivity contribution in [2.24, 2.45) is 0 Å². The summed E-state index contributed by atoms with van der Waals surface area (Å²) in [6.45, 7) is 4.18. The van der Waals surface area contributed by atoms with Gasteiger partial charge in [-0.05, 0) is 38.3 Å². The van der Waals surface area contributed by atoms with Crippen molar-refractivity contribution in [1.82, 2.24) is 5.32 Å². The van der Waals surface area contributed by atoms with E-state index in [4.69, 9.17) is 5.11 Å². The highest BCUT2D eigenvalue weighted by atomic mass is 32.2. The Morgan fingerprint density at radius 3 is 2.80 bits per heavy atom. The van der Waals surface area contributed by atoms with Crippen LogP contribution in [0, 0.1) is 17.7 Å². The molecule has 1 aromatic carbocycles. The molecule has 0 spiro atoms. The van der Waals surface area contributed by atoms with Crippen molar-refractivity contribution in [3.8, 4) is 11.8 Å². The number of aliphatic hydroxyl groups is 1. The summed E-state index contributed by atoms with van der Waals surface area (Å²) in [5, 5.41) is 11.5. The molecule has 0 radical (unpaired) electrons. The first kappa shape index (κ1) is 16.5. The average Bonchev–Trinajstić information content (AvgIpc) is 2.43. The molecule has 2 N–H and O–H groups in total. The second-order valence-corrected chi connectivity index (χ2v) is 6.31. The molecule has 0 atom stereocenters. The Kier molecular flexibility index (Phi) is 6.05. The molecular weight excluding hydrogens is 277 g/mol. The van der Waals surface area contributed by atoms with Crippen LogP contribution in [-0.4, -0.2) is 35.2 Å². The first-order valence-corrected chi connectivity index (χ1v) is 7.35. The molecule has 0 aromatic heterocycles. The zero-order chi connectivity index (χ0) is 15.2. The van der Waals surface area contributed by atoms with Crippen LogP contribution in [0.2, 0.25) is 0 Å². The van der Waals surface area contributed by atoms with Crippen molar-refractivity contribution in [2.45, 2.75) is 18.6 Å². The molecule has 20 heavy (non-hydrogen) atoms. The summed E-state index contributed by atoms with van der Waals surface area (Å²) in [6.07, 6.45) is 1.96. The van der Waals surface area contributed by atoms with E-state index in [2.05, 4.69) is 17.2 Å². The number of nitrogens with one attached hydrogen (secondary N) is 1. The molecule has 1 aromatic rings. The largest absolute Gasteiger partial charge is 0.384 e. The lowest BCUT2D eigenvalue weighted by molar-refractivity contribution is 0.0950. The monoisotopic (exact) mass is 295 g/mol. The molecule has 0 unspecified atom stereocenters.